The third kappa shape index (κ3) is 12.1. The first-order valence-electron chi connectivity index (χ1n) is 7.67. The smallest absolute Gasteiger partial charge is 0.0227 e. The van der Waals surface area contributed by atoms with Crippen molar-refractivity contribution in [3.05, 3.63) is 0 Å². The van der Waals surface area contributed by atoms with E-state index in [4.69, 9.17) is 0 Å². The van der Waals surface area contributed by atoms with Crippen LogP contribution in [0.2, 0.25) is 0 Å². The third-order valence-electron chi connectivity index (χ3n) is 3.64. The van der Waals surface area contributed by atoms with Crippen LogP contribution in [0.25, 0.3) is 0 Å². The Bertz CT molecular complexity index is 244. The van der Waals surface area contributed by atoms with E-state index in [1.807, 2.05) is 23.5 Å². The molecule has 0 spiro atoms. The summed E-state index contributed by atoms with van der Waals surface area (Å²) in [5.74, 6) is 2.47. The maximum Gasteiger partial charge on any atom is 0.0227 e. The number of thioether (sulfide) groups is 3. The Balaban J connectivity index is 3.68. The highest BCUT2D eigenvalue weighted by Crippen LogP contribution is 2.22. The monoisotopic (exact) mass is 352 g/mol. The number of hydrogen-bond acceptors (Lipinski definition) is 5. The zero-order valence-electron chi connectivity index (χ0n) is 15.4. The van der Waals surface area contributed by atoms with Crippen molar-refractivity contribution in [1.82, 2.24) is 9.80 Å². The molecule has 0 saturated carbocycles. The molecular formula is C16H36N2S3. The van der Waals surface area contributed by atoms with E-state index in [-0.39, 0.29) is 0 Å². The highest BCUT2D eigenvalue weighted by atomic mass is 32.2. The fourth-order valence-electron chi connectivity index (χ4n) is 2.13. The minimum atomic E-state index is 0.364. The van der Waals surface area contributed by atoms with Gasteiger partial charge in [-0.1, -0.05) is 0 Å². The molecule has 0 fully saturated rings. The van der Waals surface area contributed by atoms with Crippen LogP contribution >= 0.6 is 35.3 Å². The second kappa shape index (κ2) is 10.7. The fourth-order valence-corrected chi connectivity index (χ4v) is 3.91. The van der Waals surface area contributed by atoms with Crippen LogP contribution in [0, 0.1) is 0 Å². The number of rotatable bonds is 12. The largest absolute Gasteiger partial charge is 0.304 e. The third-order valence-corrected chi connectivity index (χ3v) is 7.05. The van der Waals surface area contributed by atoms with Crippen LogP contribution in [0.4, 0.5) is 0 Å². The summed E-state index contributed by atoms with van der Waals surface area (Å²) >= 11 is 5.99. The molecule has 0 rings (SSSR count). The second-order valence-electron chi connectivity index (χ2n) is 7.02. The van der Waals surface area contributed by atoms with Crippen molar-refractivity contribution >= 4 is 35.3 Å². The van der Waals surface area contributed by atoms with E-state index in [2.05, 4.69) is 75.9 Å². The zero-order chi connectivity index (χ0) is 16.5. The van der Waals surface area contributed by atoms with Gasteiger partial charge in [0, 0.05) is 47.2 Å². The molecule has 0 saturated heterocycles. The molecule has 0 N–H and O–H groups in total. The molecule has 0 aromatic carbocycles. The van der Waals surface area contributed by atoms with Crippen LogP contribution in [-0.4, -0.2) is 83.6 Å². The lowest BCUT2D eigenvalue weighted by molar-refractivity contribution is 0.325. The number of nitrogens with zero attached hydrogens (tertiary/aromatic N) is 2. The Morgan fingerprint density at radius 3 is 1.33 bits per heavy atom. The van der Waals surface area contributed by atoms with Crippen molar-refractivity contribution in [3.8, 4) is 0 Å². The van der Waals surface area contributed by atoms with Gasteiger partial charge in [0.15, 0.2) is 0 Å². The van der Waals surface area contributed by atoms with E-state index in [1.54, 1.807) is 0 Å². The molecule has 0 bridgehead atoms. The van der Waals surface area contributed by atoms with Crippen LogP contribution in [0.1, 0.15) is 27.7 Å². The highest BCUT2D eigenvalue weighted by molar-refractivity contribution is 8.00. The molecule has 0 aromatic rings. The molecule has 0 unspecified atom stereocenters. The Morgan fingerprint density at radius 2 is 1.05 bits per heavy atom. The van der Waals surface area contributed by atoms with E-state index in [1.165, 1.54) is 24.6 Å². The minimum Gasteiger partial charge on any atom is -0.304 e. The first-order valence-corrected chi connectivity index (χ1v) is 11.3. The van der Waals surface area contributed by atoms with Crippen molar-refractivity contribution in [1.29, 1.82) is 0 Å². The molecule has 0 heterocycles. The molecule has 128 valence electrons. The lowest BCUT2D eigenvalue weighted by Crippen LogP contribution is -2.36. The van der Waals surface area contributed by atoms with Gasteiger partial charge < -0.3 is 9.80 Å². The summed E-state index contributed by atoms with van der Waals surface area (Å²) < 4.78 is 0.728. The second-order valence-corrected chi connectivity index (χ2v) is 11.3. The summed E-state index contributed by atoms with van der Waals surface area (Å²) in [5.41, 5.74) is 0. The van der Waals surface area contributed by atoms with E-state index in [0.29, 0.717) is 9.49 Å². The summed E-state index contributed by atoms with van der Waals surface area (Å²) in [6, 6.07) is 0. The topological polar surface area (TPSA) is 6.48 Å². The highest BCUT2D eigenvalue weighted by Gasteiger charge is 2.19. The van der Waals surface area contributed by atoms with Crippen molar-refractivity contribution in [2.45, 2.75) is 37.2 Å². The molecule has 0 amide bonds. The number of hydrogen-bond donors (Lipinski definition) is 0. The zero-order valence-corrected chi connectivity index (χ0v) is 17.8. The van der Waals surface area contributed by atoms with E-state index >= 15 is 0 Å². The molecule has 0 atom stereocenters. The van der Waals surface area contributed by atoms with Gasteiger partial charge in [0.25, 0.3) is 0 Å². The van der Waals surface area contributed by atoms with Gasteiger partial charge in [0.05, 0.1) is 0 Å². The van der Waals surface area contributed by atoms with Crippen molar-refractivity contribution < 1.29 is 0 Å². The summed E-state index contributed by atoms with van der Waals surface area (Å²) in [6.07, 6.45) is 4.41. The molecule has 0 radical (unpaired) electrons. The van der Waals surface area contributed by atoms with Gasteiger partial charge in [-0.05, 0) is 54.3 Å². The van der Waals surface area contributed by atoms with Gasteiger partial charge in [0.1, 0.15) is 0 Å². The van der Waals surface area contributed by atoms with Crippen LogP contribution in [0.3, 0.4) is 0 Å². The van der Waals surface area contributed by atoms with Gasteiger partial charge in [-0.15, -0.1) is 0 Å². The summed E-state index contributed by atoms with van der Waals surface area (Å²) in [5, 5.41) is 0. The normalized spacial score (nSPS) is 13.4. The average Bonchev–Trinajstić information content (AvgIpc) is 2.37. The van der Waals surface area contributed by atoms with Crippen LogP contribution in [-0.2, 0) is 0 Å². The molecule has 0 aliphatic heterocycles. The Kier molecular flexibility index (Phi) is 11.2. The first kappa shape index (κ1) is 22.0. The van der Waals surface area contributed by atoms with Gasteiger partial charge in [-0.25, -0.2) is 0 Å². The Hall–Kier alpha value is 0.970. The summed E-state index contributed by atoms with van der Waals surface area (Å²) in [7, 11) is 4.48. The summed E-state index contributed by atoms with van der Waals surface area (Å²) in [6.45, 7) is 14.0. The lowest BCUT2D eigenvalue weighted by atomic mass is 10.2. The predicted molar refractivity (Wildman–Crippen MR) is 108 cm³/mol. The lowest BCUT2D eigenvalue weighted by Gasteiger charge is -2.29. The van der Waals surface area contributed by atoms with Crippen molar-refractivity contribution in [2.75, 3.05) is 64.3 Å². The Labute approximate surface area is 146 Å². The van der Waals surface area contributed by atoms with Crippen LogP contribution in [0.5, 0.6) is 0 Å². The standard InChI is InChI=1S/C16H36N2S3/c1-15(2,19-7)13-17(5)9-11-21-12-10-18(6)14-16(3,4)20-8/h9-14H2,1-8H3. The van der Waals surface area contributed by atoms with Gasteiger partial charge in [0.2, 0.25) is 0 Å². The molecule has 2 nitrogen and oxygen atoms in total. The Morgan fingerprint density at radius 1 is 0.714 bits per heavy atom. The summed E-state index contributed by atoms with van der Waals surface area (Å²) in [4.78, 5) is 4.92. The molecule has 21 heavy (non-hydrogen) atoms. The van der Waals surface area contributed by atoms with E-state index < -0.39 is 0 Å². The average molecular weight is 353 g/mol. The van der Waals surface area contributed by atoms with Gasteiger partial charge >= 0.3 is 0 Å². The van der Waals surface area contributed by atoms with E-state index in [9.17, 15) is 0 Å². The first-order chi connectivity index (χ1) is 9.62. The molecule has 0 aliphatic rings. The van der Waals surface area contributed by atoms with Crippen LogP contribution in [0.15, 0.2) is 0 Å². The quantitative estimate of drug-likeness (QED) is 0.490. The fraction of sp³-hybridized carbons (Fsp3) is 1.00. The molecule has 0 aliphatic carbocycles. The van der Waals surface area contributed by atoms with Crippen molar-refractivity contribution in [2.24, 2.45) is 0 Å². The van der Waals surface area contributed by atoms with Gasteiger partial charge in [-0.3, -0.25) is 0 Å². The minimum absolute atomic E-state index is 0.364. The predicted octanol–water partition coefficient (Wildman–Crippen LogP) is 3.87. The maximum absolute atomic E-state index is 2.46. The molecule has 0 aromatic heterocycles. The maximum atomic E-state index is 2.46. The molecular weight excluding hydrogens is 316 g/mol. The van der Waals surface area contributed by atoms with Crippen molar-refractivity contribution in [3.63, 3.8) is 0 Å². The van der Waals surface area contributed by atoms with E-state index in [0.717, 1.165) is 13.1 Å². The molecule has 5 heteroatoms. The SMILES string of the molecule is CSC(C)(C)CN(C)CCSCCN(C)CC(C)(C)SC. The van der Waals surface area contributed by atoms with Gasteiger partial charge in [-0.2, -0.15) is 35.3 Å². The van der Waals surface area contributed by atoms with Crippen LogP contribution < -0.4 is 0 Å².